The second kappa shape index (κ2) is 12.0. The molecule has 0 saturated carbocycles. The molecule has 1 saturated heterocycles. The summed E-state index contributed by atoms with van der Waals surface area (Å²) >= 11 is 6.56. The maximum absolute atomic E-state index is 15.1. The van der Waals surface area contributed by atoms with E-state index in [1.807, 2.05) is 5.32 Å². The zero-order valence-electron chi connectivity index (χ0n) is 20.0. The lowest BCUT2D eigenvalue weighted by Crippen LogP contribution is -2.37. The van der Waals surface area contributed by atoms with Crippen LogP contribution in [0.25, 0.3) is 11.1 Å². The van der Waals surface area contributed by atoms with Crippen LogP contribution in [0.4, 0.5) is 40.7 Å². The quantitative estimate of drug-likeness (QED) is 0.229. The van der Waals surface area contributed by atoms with E-state index in [1.165, 1.54) is 42.5 Å². The second-order valence-electron chi connectivity index (χ2n) is 8.40. The van der Waals surface area contributed by atoms with Gasteiger partial charge < -0.3 is 15.4 Å². The highest BCUT2D eigenvalue weighted by atomic mass is 79.9. The number of anilines is 3. The Hall–Kier alpha value is -3.98. The van der Waals surface area contributed by atoms with Crippen LogP contribution in [-0.2, 0) is 9.53 Å². The summed E-state index contributed by atoms with van der Waals surface area (Å²) < 4.78 is 45.3. The van der Waals surface area contributed by atoms with E-state index in [1.54, 1.807) is 6.07 Å². The Bertz CT molecular complexity index is 1560. The normalized spacial score (nSPS) is 14.7. The fraction of sp³-hybridized carbons (Fsp3) is 0.160. The van der Waals surface area contributed by atoms with Gasteiger partial charge >= 0.3 is 12.5 Å². The number of carbonyl (C=O) groups excluding carboxylic acids is 2. The molecule has 0 aliphatic carbocycles. The summed E-state index contributed by atoms with van der Waals surface area (Å²) in [5, 5.41) is 15.6. The van der Waals surface area contributed by atoms with E-state index in [2.05, 4.69) is 37.2 Å². The molecule has 0 radical (unpaired) electrons. The van der Waals surface area contributed by atoms with Gasteiger partial charge in [-0.1, -0.05) is 0 Å². The van der Waals surface area contributed by atoms with Crippen molar-refractivity contribution in [1.82, 2.24) is 5.32 Å². The Morgan fingerprint density at radius 2 is 1.75 bits per heavy atom. The molecule has 2 amide bonds. The minimum Gasteiger partial charge on any atom is -0.442 e. The van der Waals surface area contributed by atoms with Crippen LogP contribution in [0, 0.1) is 15.9 Å². The van der Waals surface area contributed by atoms with Crippen molar-refractivity contribution in [2.24, 2.45) is 0 Å². The van der Waals surface area contributed by atoms with Crippen LogP contribution in [-0.4, -0.2) is 42.5 Å². The molecule has 208 valence electrons. The van der Waals surface area contributed by atoms with E-state index in [-0.39, 0.29) is 44.8 Å². The number of benzene rings is 2. The smallest absolute Gasteiger partial charge is 0.414 e. The maximum atomic E-state index is 15.1. The van der Waals surface area contributed by atoms with Gasteiger partial charge in [0.25, 0.3) is 11.6 Å². The molecule has 3 aromatic carbocycles. The van der Waals surface area contributed by atoms with Crippen LogP contribution in [0.2, 0.25) is 0 Å². The molecule has 0 aromatic heterocycles. The first-order chi connectivity index (χ1) is 18.9. The number of alkyl halides is 2. The Morgan fingerprint density at radius 1 is 1.07 bits per heavy atom. The highest BCUT2D eigenvalue weighted by molar-refractivity contribution is 9.11. The standard InChI is InChI=1S/C25H17Br2F3N4O6/c26-17-7-13(12-1-3-14(4-2-12)34(38)39)8-18(27)22(35)21(17)32-20-6-5-15(9-19(20)28)33-11-16(40-25(33)37)10-31-24(36)23(29)30/h1-9,16,23H,10-11H2,(H,31,36)(H,32,35)/t16-/m0/s1. The second-order valence-corrected chi connectivity index (χ2v) is 10.1. The predicted octanol–water partition coefficient (Wildman–Crippen LogP) is 5.74. The number of ether oxygens (including phenoxy) is 1. The zero-order chi connectivity index (χ0) is 29.1. The van der Waals surface area contributed by atoms with Crippen LogP contribution < -0.4 is 21.0 Å². The first kappa shape index (κ1) is 29.0. The summed E-state index contributed by atoms with van der Waals surface area (Å²) in [5.41, 5.74) is 0.531. The number of nitrogens with zero attached hydrogens (tertiary/aromatic N) is 2. The molecule has 3 aromatic rings. The fourth-order valence-corrected chi connectivity index (χ4v) is 4.75. The summed E-state index contributed by atoms with van der Waals surface area (Å²) in [6.45, 7) is -0.451. The lowest BCUT2D eigenvalue weighted by Gasteiger charge is -2.15. The molecule has 1 heterocycles. The topological polar surface area (TPSA) is 131 Å². The fourth-order valence-electron chi connectivity index (χ4n) is 3.78. The van der Waals surface area contributed by atoms with Gasteiger partial charge in [-0.25, -0.2) is 9.18 Å². The van der Waals surface area contributed by atoms with Crippen LogP contribution in [0.1, 0.15) is 0 Å². The SMILES string of the molecule is O=C(NC[C@H]1CN(c2ccc(Nc3c(Br)cc(-c4ccc([N+](=O)[O-])cc4)cc(Br)c3=O)c(F)c2)C(=O)O1)C(F)F. The number of nitrogens with one attached hydrogen (secondary N) is 2. The van der Waals surface area contributed by atoms with Crippen molar-refractivity contribution in [2.45, 2.75) is 12.5 Å². The van der Waals surface area contributed by atoms with Crippen molar-refractivity contribution in [3.8, 4) is 11.1 Å². The number of cyclic esters (lactones) is 1. The highest BCUT2D eigenvalue weighted by Gasteiger charge is 2.33. The lowest BCUT2D eigenvalue weighted by atomic mass is 10.1. The molecule has 2 N–H and O–H groups in total. The number of amides is 2. The van der Waals surface area contributed by atoms with Gasteiger partial charge in [-0.2, -0.15) is 8.78 Å². The van der Waals surface area contributed by atoms with Crippen molar-refractivity contribution in [3.05, 3.63) is 89.7 Å². The number of hydrogen-bond donors (Lipinski definition) is 2. The van der Waals surface area contributed by atoms with Gasteiger partial charge in [0.15, 0.2) is 0 Å². The van der Waals surface area contributed by atoms with Crippen molar-refractivity contribution in [2.75, 3.05) is 23.3 Å². The van der Waals surface area contributed by atoms with Crippen molar-refractivity contribution in [3.63, 3.8) is 0 Å². The first-order valence-electron chi connectivity index (χ1n) is 11.3. The molecule has 0 bridgehead atoms. The third kappa shape index (κ3) is 6.42. The number of non-ortho nitro benzene ring substituents is 1. The van der Waals surface area contributed by atoms with E-state index in [4.69, 9.17) is 4.74 Å². The summed E-state index contributed by atoms with van der Waals surface area (Å²) in [6, 6.07) is 12.6. The Kier molecular flexibility index (Phi) is 8.73. The Morgan fingerprint density at radius 3 is 2.38 bits per heavy atom. The van der Waals surface area contributed by atoms with E-state index in [0.29, 0.717) is 11.1 Å². The summed E-state index contributed by atoms with van der Waals surface area (Å²) in [5.74, 6) is -2.31. The Labute approximate surface area is 240 Å². The molecule has 1 aliphatic rings. The summed E-state index contributed by atoms with van der Waals surface area (Å²) in [6.07, 6.45) is -4.97. The Balaban J connectivity index is 1.55. The van der Waals surface area contributed by atoms with Gasteiger partial charge in [0.1, 0.15) is 17.6 Å². The van der Waals surface area contributed by atoms with Crippen LogP contribution in [0.3, 0.4) is 0 Å². The van der Waals surface area contributed by atoms with Gasteiger partial charge in [0, 0.05) is 16.6 Å². The highest BCUT2D eigenvalue weighted by Crippen LogP contribution is 2.32. The lowest BCUT2D eigenvalue weighted by molar-refractivity contribution is -0.384. The van der Waals surface area contributed by atoms with E-state index in [0.717, 1.165) is 11.0 Å². The first-order valence-corrected chi connectivity index (χ1v) is 12.9. The number of hydrogen-bond acceptors (Lipinski definition) is 7. The molecular formula is C25H17Br2F3N4O6. The van der Waals surface area contributed by atoms with E-state index in [9.17, 15) is 33.3 Å². The van der Waals surface area contributed by atoms with Gasteiger partial charge in [0.2, 0.25) is 5.43 Å². The summed E-state index contributed by atoms with van der Waals surface area (Å²) in [7, 11) is 0. The average Bonchev–Trinajstić information content (AvgIpc) is 3.25. The van der Waals surface area contributed by atoms with E-state index < -0.39 is 40.7 Å². The molecule has 1 aliphatic heterocycles. The van der Waals surface area contributed by atoms with Crippen LogP contribution >= 0.6 is 31.9 Å². The molecule has 1 atom stereocenters. The minimum absolute atomic E-state index is 0.0119. The molecule has 10 nitrogen and oxygen atoms in total. The monoisotopic (exact) mass is 684 g/mol. The third-order valence-corrected chi connectivity index (χ3v) is 6.97. The van der Waals surface area contributed by atoms with Crippen molar-refractivity contribution < 1.29 is 32.4 Å². The molecule has 0 unspecified atom stereocenters. The molecule has 0 spiro atoms. The molecule has 4 rings (SSSR count). The molecule has 1 fully saturated rings. The predicted molar refractivity (Wildman–Crippen MR) is 147 cm³/mol. The minimum atomic E-state index is -3.21. The summed E-state index contributed by atoms with van der Waals surface area (Å²) in [4.78, 5) is 47.8. The number of halogens is 5. The number of nitro benzene ring substituents is 1. The van der Waals surface area contributed by atoms with Gasteiger partial charge in [-0.15, -0.1) is 0 Å². The number of rotatable bonds is 8. The third-order valence-electron chi connectivity index (χ3n) is 5.76. The average molecular weight is 686 g/mol. The maximum Gasteiger partial charge on any atom is 0.414 e. The van der Waals surface area contributed by atoms with Crippen LogP contribution in [0.15, 0.2) is 68.3 Å². The van der Waals surface area contributed by atoms with Crippen molar-refractivity contribution >= 4 is 66.6 Å². The largest absolute Gasteiger partial charge is 0.442 e. The van der Waals surface area contributed by atoms with Crippen molar-refractivity contribution in [1.29, 1.82) is 0 Å². The molecule has 15 heteroatoms. The number of nitro groups is 1. The molecular weight excluding hydrogens is 669 g/mol. The molecule has 40 heavy (non-hydrogen) atoms. The van der Waals surface area contributed by atoms with Gasteiger partial charge in [-0.05, 0) is 85.5 Å². The van der Waals surface area contributed by atoms with Gasteiger partial charge in [0.05, 0.1) is 33.9 Å². The van der Waals surface area contributed by atoms with E-state index >= 15 is 4.39 Å². The zero-order valence-corrected chi connectivity index (χ0v) is 23.2. The van der Waals surface area contributed by atoms with Gasteiger partial charge in [-0.3, -0.25) is 24.6 Å². The number of carbonyl (C=O) groups is 2. The van der Waals surface area contributed by atoms with Crippen LogP contribution in [0.5, 0.6) is 0 Å².